The highest BCUT2D eigenvalue weighted by Gasteiger charge is 2.33. The van der Waals surface area contributed by atoms with Gasteiger partial charge in [0.1, 0.15) is 11.4 Å². The average Bonchev–Trinajstić information content (AvgIpc) is 2.15. The minimum Gasteiger partial charge on any atom is -0.364 e. The summed E-state index contributed by atoms with van der Waals surface area (Å²) in [6.45, 7) is 7.80. The van der Waals surface area contributed by atoms with Gasteiger partial charge in [-0.3, -0.25) is 0 Å². The largest absolute Gasteiger partial charge is 0.364 e. The van der Waals surface area contributed by atoms with Gasteiger partial charge in [-0.15, -0.1) is 0 Å². The highest BCUT2D eigenvalue weighted by atomic mass is 79.9. The van der Waals surface area contributed by atoms with Crippen molar-refractivity contribution >= 4 is 15.9 Å². The molecular formula is C13H18BrFO. The van der Waals surface area contributed by atoms with Crippen molar-refractivity contribution in [3.63, 3.8) is 0 Å². The highest BCUT2D eigenvalue weighted by Crippen LogP contribution is 2.33. The van der Waals surface area contributed by atoms with E-state index in [1.54, 1.807) is 12.1 Å². The summed E-state index contributed by atoms with van der Waals surface area (Å²) >= 11 is 3.40. The van der Waals surface area contributed by atoms with Crippen molar-refractivity contribution < 1.29 is 9.13 Å². The lowest BCUT2D eigenvalue weighted by atomic mass is 9.96. The van der Waals surface area contributed by atoms with E-state index in [2.05, 4.69) is 15.9 Å². The molecule has 0 aliphatic carbocycles. The molecule has 1 aromatic carbocycles. The summed E-state index contributed by atoms with van der Waals surface area (Å²) in [5, 5.41) is 0.554. The Morgan fingerprint density at radius 3 is 2.19 bits per heavy atom. The Morgan fingerprint density at radius 1 is 1.19 bits per heavy atom. The first-order valence-electron chi connectivity index (χ1n) is 5.30. The van der Waals surface area contributed by atoms with Crippen molar-refractivity contribution in [1.82, 2.24) is 0 Å². The first-order chi connectivity index (χ1) is 7.28. The lowest BCUT2D eigenvalue weighted by Crippen LogP contribution is -2.37. The van der Waals surface area contributed by atoms with Gasteiger partial charge < -0.3 is 4.74 Å². The van der Waals surface area contributed by atoms with E-state index < -0.39 is 5.60 Å². The van der Waals surface area contributed by atoms with Crippen LogP contribution >= 0.6 is 15.9 Å². The molecule has 1 nitrogen and oxygen atoms in total. The van der Waals surface area contributed by atoms with Gasteiger partial charge in [-0.05, 0) is 33.8 Å². The van der Waals surface area contributed by atoms with E-state index in [1.807, 2.05) is 33.8 Å². The molecule has 0 fully saturated rings. The SMILES string of the molecule is CC(C)(C)OC(C)(CBr)c1ccccc1F. The second-order valence-electron chi connectivity index (χ2n) is 5.06. The van der Waals surface area contributed by atoms with Gasteiger partial charge in [-0.1, -0.05) is 34.1 Å². The zero-order valence-electron chi connectivity index (χ0n) is 10.2. The maximum absolute atomic E-state index is 13.7. The van der Waals surface area contributed by atoms with Gasteiger partial charge in [0, 0.05) is 10.9 Å². The summed E-state index contributed by atoms with van der Waals surface area (Å²) in [6.07, 6.45) is 0. The Bertz CT molecular complexity index is 359. The molecule has 0 aliphatic rings. The molecule has 0 N–H and O–H groups in total. The van der Waals surface area contributed by atoms with Crippen LogP contribution in [-0.2, 0) is 10.3 Å². The minimum atomic E-state index is -0.649. The second kappa shape index (κ2) is 4.84. The normalized spacial score (nSPS) is 15.9. The Labute approximate surface area is 105 Å². The molecular weight excluding hydrogens is 271 g/mol. The van der Waals surface area contributed by atoms with E-state index in [0.29, 0.717) is 10.9 Å². The Kier molecular flexibility index (Phi) is 4.13. The molecule has 3 heteroatoms. The van der Waals surface area contributed by atoms with Crippen molar-refractivity contribution in [2.75, 3.05) is 5.33 Å². The Hall–Kier alpha value is -0.410. The zero-order valence-corrected chi connectivity index (χ0v) is 11.8. The standard InChI is InChI=1S/C13H18BrFO/c1-12(2,3)16-13(4,9-14)10-7-5-6-8-11(10)15/h5-8H,9H2,1-4H3. The predicted octanol–water partition coefficient (Wildman–Crippen LogP) is 4.25. The second-order valence-corrected chi connectivity index (χ2v) is 5.62. The molecule has 16 heavy (non-hydrogen) atoms. The lowest BCUT2D eigenvalue weighted by molar-refractivity contribution is -0.115. The van der Waals surface area contributed by atoms with Crippen LogP contribution in [0.3, 0.4) is 0 Å². The lowest BCUT2D eigenvalue weighted by Gasteiger charge is -2.36. The van der Waals surface area contributed by atoms with Crippen LogP contribution in [0.25, 0.3) is 0 Å². The fourth-order valence-electron chi connectivity index (χ4n) is 1.72. The zero-order chi connectivity index (χ0) is 12.4. The summed E-state index contributed by atoms with van der Waals surface area (Å²) < 4.78 is 19.7. The molecule has 0 spiro atoms. The van der Waals surface area contributed by atoms with Gasteiger partial charge in [0.25, 0.3) is 0 Å². The maximum atomic E-state index is 13.7. The van der Waals surface area contributed by atoms with Crippen molar-refractivity contribution in [3.8, 4) is 0 Å². The van der Waals surface area contributed by atoms with Crippen LogP contribution in [0.4, 0.5) is 4.39 Å². The Morgan fingerprint density at radius 2 is 1.75 bits per heavy atom. The van der Waals surface area contributed by atoms with Crippen LogP contribution < -0.4 is 0 Å². The van der Waals surface area contributed by atoms with E-state index in [-0.39, 0.29) is 11.4 Å². The van der Waals surface area contributed by atoms with Gasteiger partial charge in [-0.25, -0.2) is 4.39 Å². The fourth-order valence-corrected chi connectivity index (χ4v) is 2.14. The molecule has 0 aliphatic heterocycles. The molecule has 90 valence electrons. The van der Waals surface area contributed by atoms with Gasteiger partial charge in [-0.2, -0.15) is 0 Å². The first kappa shape index (κ1) is 13.7. The number of hydrogen-bond donors (Lipinski definition) is 0. The van der Waals surface area contributed by atoms with Gasteiger partial charge in [0.15, 0.2) is 0 Å². The summed E-state index contributed by atoms with van der Waals surface area (Å²) in [6, 6.07) is 6.74. The van der Waals surface area contributed by atoms with E-state index in [0.717, 1.165) is 0 Å². The van der Waals surface area contributed by atoms with Crippen molar-refractivity contribution in [3.05, 3.63) is 35.6 Å². The van der Waals surface area contributed by atoms with Crippen LogP contribution in [0.5, 0.6) is 0 Å². The number of ether oxygens (including phenoxy) is 1. The smallest absolute Gasteiger partial charge is 0.129 e. The number of benzene rings is 1. The number of rotatable bonds is 3. The summed E-state index contributed by atoms with van der Waals surface area (Å²) in [5.74, 6) is -0.228. The van der Waals surface area contributed by atoms with E-state index in [4.69, 9.17) is 4.74 Å². The first-order valence-corrected chi connectivity index (χ1v) is 6.42. The quantitative estimate of drug-likeness (QED) is 0.756. The van der Waals surface area contributed by atoms with E-state index in [9.17, 15) is 4.39 Å². The molecule has 1 unspecified atom stereocenters. The van der Waals surface area contributed by atoms with Crippen molar-refractivity contribution in [2.45, 2.75) is 38.9 Å². The van der Waals surface area contributed by atoms with Gasteiger partial charge in [0.2, 0.25) is 0 Å². The molecule has 0 saturated heterocycles. The van der Waals surface area contributed by atoms with Crippen LogP contribution in [0, 0.1) is 5.82 Å². The van der Waals surface area contributed by atoms with E-state index in [1.165, 1.54) is 6.07 Å². The fraction of sp³-hybridized carbons (Fsp3) is 0.538. The van der Waals surface area contributed by atoms with Gasteiger partial charge in [0.05, 0.1) is 5.60 Å². The third-order valence-corrected chi connectivity index (χ3v) is 3.30. The third-order valence-electron chi connectivity index (χ3n) is 2.23. The number of halogens is 2. The van der Waals surface area contributed by atoms with Crippen LogP contribution in [0.15, 0.2) is 24.3 Å². The van der Waals surface area contributed by atoms with Crippen LogP contribution in [0.2, 0.25) is 0 Å². The average molecular weight is 289 g/mol. The molecule has 1 rings (SSSR count). The molecule has 0 bridgehead atoms. The monoisotopic (exact) mass is 288 g/mol. The van der Waals surface area contributed by atoms with Gasteiger partial charge >= 0.3 is 0 Å². The van der Waals surface area contributed by atoms with E-state index >= 15 is 0 Å². The maximum Gasteiger partial charge on any atom is 0.129 e. The minimum absolute atomic E-state index is 0.228. The van der Waals surface area contributed by atoms with Crippen LogP contribution in [0.1, 0.15) is 33.3 Å². The highest BCUT2D eigenvalue weighted by molar-refractivity contribution is 9.09. The summed E-state index contributed by atoms with van der Waals surface area (Å²) in [4.78, 5) is 0. The molecule has 0 amide bonds. The number of alkyl halides is 1. The molecule has 1 atom stereocenters. The van der Waals surface area contributed by atoms with Crippen LogP contribution in [-0.4, -0.2) is 10.9 Å². The molecule has 0 saturated carbocycles. The van der Waals surface area contributed by atoms with Crippen molar-refractivity contribution in [1.29, 1.82) is 0 Å². The predicted molar refractivity (Wildman–Crippen MR) is 68.4 cm³/mol. The Balaban J connectivity index is 3.10. The summed E-state index contributed by atoms with van der Waals surface area (Å²) in [5.41, 5.74) is -0.379. The number of hydrogen-bond acceptors (Lipinski definition) is 1. The topological polar surface area (TPSA) is 9.23 Å². The molecule has 0 radical (unpaired) electrons. The molecule has 1 aromatic rings. The molecule has 0 aromatic heterocycles. The van der Waals surface area contributed by atoms with Crippen molar-refractivity contribution in [2.24, 2.45) is 0 Å². The molecule has 0 heterocycles. The summed E-state index contributed by atoms with van der Waals surface area (Å²) in [7, 11) is 0. The third kappa shape index (κ3) is 3.29.